The Bertz CT molecular complexity index is 645. The SMILES string of the molecule is CCNC(=NCC1CCCN1CC)NCCCc1nnc(SC)n1C1CCCC1.I. The van der Waals surface area contributed by atoms with Gasteiger partial charge in [0.1, 0.15) is 5.82 Å². The fraction of sp³-hybridized carbons (Fsp3) is 0.857. The van der Waals surface area contributed by atoms with Crippen LogP contribution in [0.15, 0.2) is 10.1 Å². The van der Waals surface area contributed by atoms with Gasteiger partial charge in [0.15, 0.2) is 11.1 Å². The fourth-order valence-corrected chi connectivity index (χ4v) is 5.23. The van der Waals surface area contributed by atoms with E-state index < -0.39 is 0 Å². The summed E-state index contributed by atoms with van der Waals surface area (Å²) in [6.07, 6.45) is 11.9. The van der Waals surface area contributed by atoms with E-state index in [1.165, 1.54) is 45.1 Å². The van der Waals surface area contributed by atoms with Crippen molar-refractivity contribution in [1.82, 2.24) is 30.3 Å². The molecule has 30 heavy (non-hydrogen) atoms. The Morgan fingerprint density at radius 1 is 1.13 bits per heavy atom. The molecule has 172 valence electrons. The lowest BCUT2D eigenvalue weighted by Gasteiger charge is -2.21. The number of guanidine groups is 1. The molecule has 1 aliphatic heterocycles. The Kier molecular flexibility index (Phi) is 11.8. The van der Waals surface area contributed by atoms with Crippen molar-refractivity contribution in [3.8, 4) is 0 Å². The van der Waals surface area contributed by atoms with Crippen LogP contribution in [0.25, 0.3) is 0 Å². The molecule has 2 fully saturated rings. The van der Waals surface area contributed by atoms with Crippen molar-refractivity contribution < 1.29 is 0 Å². The molecule has 2 aliphatic rings. The molecule has 2 N–H and O–H groups in total. The topological polar surface area (TPSA) is 70.4 Å². The summed E-state index contributed by atoms with van der Waals surface area (Å²) in [4.78, 5) is 7.40. The first-order valence-corrected chi connectivity index (χ1v) is 12.7. The summed E-state index contributed by atoms with van der Waals surface area (Å²) >= 11 is 1.71. The van der Waals surface area contributed by atoms with E-state index in [1.54, 1.807) is 11.8 Å². The molecule has 0 spiro atoms. The normalized spacial score (nSPS) is 20.5. The summed E-state index contributed by atoms with van der Waals surface area (Å²) in [5.74, 6) is 2.09. The first kappa shape index (κ1) is 25.7. The molecule has 1 saturated carbocycles. The van der Waals surface area contributed by atoms with Crippen molar-refractivity contribution >= 4 is 41.7 Å². The van der Waals surface area contributed by atoms with Crippen LogP contribution in [-0.4, -0.2) is 70.6 Å². The van der Waals surface area contributed by atoms with Gasteiger partial charge in [0, 0.05) is 31.6 Å². The van der Waals surface area contributed by atoms with E-state index in [0.29, 0.717) is 12.1 Å². The van der Waals surface area contributed by atoms with E-state index in [-0.39, 0.29) is 24.0 Å². The average molecular weight is 550 g/mol. The Morgan fingerprint density at radius 3 is 2.63 bits per heavy atom. The molecule has 1 atom stereocenters. The second-order valence-corrected chi connectivity index (χ2v) is 8.86. The van der Waals surface area contributed by atoms with Crippen molar-refractivity contribution in [2.24, 2.45) is 4.99 Å². The number of likely N-dealkylation sites (N-methyl/N-ethyl adjacent to an activating group) is 1. The first-order chi connectivity index (χ1) is 14.3. The zero-order valence-electron chi connectivity index (χ0n) is 18.9. The van der Waals surface area contributed by atoms with E-state index in [2.05, 4.69) is 50.4 Å². The van der Waals surface area contributed by atoms with Gasteiger partial charge in [-0.1, -0.05) is 31.5 Å². The Balaban J connectivity index is 0.00000320. The minimum Gasteiger partial charge on any atom is -0.357 e. The fourth-order valence-electron chi connectivity index (χ4n) is 4.66. The van der Waals surface area contributed by atoms with Gasteiger partial charge in [-0.3, -0.25) is 9.89 Å². The van der Waals surface area contributed by atoms with Crippen LogP contribution in [0.5, 0.6) is 0 Å². The highest BCUT2D eigenvalue weighted by molar-refractivity contribution is 14.0. The molecule has 0 aromatic carbocycles. The van der Waals surface area contributed by atoms with Crippen LogP contribution in [0, 0.1) is 0 Å². The quantitative estimate of drug-likeness (QED) is 0.153. The molecule has 0 bridgehead atoms. The average Bonchev–Trinajstić information content (AvgIpc) is 3.49. The summed E-state index contributed by atoms with van der Waals surface area (Å²) in [5.41, 5.74) is 0. The lowest BCUT2D eigenvalue weighted by atomic mass is 10.2. The minimum atomic E-state index is 0. The summed E-state index contributed by atoms with van der Waals surface area (Å²) in [6, 6.07) is 1.20. The van der Waals surface area contributed by atoms with E-state index in [4.69, 9.17) is 4.99 Å². The number of hydrogen-bond donors (Lipinski definition) is 2. The lowest BCUT2D eigenvalue weighted by molar-refractivity contribution is 0.273. The molecular weight excluding hydrogens is 509 g/mol. The third kappa shape index (κ3) is 6.98. The summed E-state index contributed by atoms with van der Waals surface area (Å²) in [6.45, 7) is 9.40. The second kappa shape index (κ2) is 13.8. The van der Waals surface area contributed by atoms with Crippen LogP contribution in [-0.2, 0) is 6.42 Å². The summed E-state index contributed by atoms with van der Waals surface area (Å²) in [7, 11) is 0. The first-order valence-electron chi connectivity index (χ1n) is 11.5. The molecule has 7 nitrogen and oxygen atoms in total. The smallest absolute Gasteiger partial charge is 0.191 e. The molecule has 1 aromatic heterocycles. The minimum absolute atomic E-state index is 0. The maximum Gasteiger partial charge on any atom is 0.191 e. The van der Waals surface area contributed by atoms with E-state index in [0.717, 1.165) is 56.0 Å². The number of nitrogens with zero attached hydrogens (tertiary/aromatic N) is 5. The number of likely N-dealkylation sites (tertiary alicyclic amines) is 1. The number of halogens is 1. The van der Waals surface area contributed by atoms with Crippen molar-refractivity contribution in [3.63, 3.8) is 0 Å². The summed E-state index contributed by atoms with van der Waals surface area (Å²) in [5, 5.41) is 16.9. The third-order valence-corrected chi connectivity index (χ3v) is 6.83. The van der Waals surface area contributed by atoms with Gasteiger partial charge in [0.05, 0.1) is 6.54 Å². The molecule has 3 rings (SSSR count). The second-order valence-electron chi connectivity index (χ2n) is 8.09. The number of hydrogen-bond acceptors (Lipinski definition) is 5. The van der Waals surface area contributed by atoms with E-state index in [1.807, 2.05) is 0 Å². The number of rotatable bonds is 10. The van der Waals surface area contributed by atoms with Crippen LogP contribution in [0.2, 0.25) is 0 Å². The zero-order chi connectivity index (χ0) is 20.5. The van der Waals surface area contributed by atoms with Gasteiger partial charge in [-0.15, -0.1) is 34.2 Å². The van der Waals surface area contributed by atoms with Gasteiger partial charge in [-0.25, -0.2) is 0 Å². The molecule has 1 aromatic rings. The van der Waals surface area contributed by atoms with E-state index >= 15 is 0 Å². The number of aliphatic imine (C=N–C) groups is 1. The third-order valence-electron chi connectivity index (χ3n) is 6.19. The van der Waals surface area contributed by atoms with Gasteiger partial charge in [0.2, 0.25) is 0 Å². The Hall–Kier alpha value is -0.550. The molecule has 0 amide bonds. The monoisotopic (exact) mass is 549 g/mol. The van der Waals surface area contributed by atoms with Gasteiger partial charge in [0.25, 0.3) is 0 Å². The van der Waals surface area contributed by atoms with Crippen molar-refractivity contribution in [2.45, 2.75) is 82.5 Å². The van der Waals surface area contributed by atoms with Crippen LogP contribution in [0.1, 0.15) is 70.7 Å². The van der Waals surface area contributed by atoms with Crippen LogP contribution < -0.4 is 10.6 Å². The summed E-state index contributed by atoms with van der Waals surface area (Å²) < 4.78 is 2.41. The van der Waals surface area contributed by atoms with Gasteiger partial charge < -0.3 is 15.2 Å². The predicted octanol–water partition coefficient (Wildman–Crippen LogP) is 3.71. The van der Waals surface area contributed by atoms with Crippen LogP contribution in [0.3, 0.4) is 0 Å². The molecule has 2 heterocycles. The number of aromatic nitrogens is 3. The number of nitrogens with one attached hydrogen (secondary N) is 2. The van der Waals surface area contributed by atoms with Crippen molar-refractivity contribution in [2.75, 3.05) is 39.0 Å². The van der Waals surface area contributed by atoms with Crippen LogP contribution >= 0.6 is 35.7 Å². The molecule has 1 unspecified atom stereocenters. The standard InChI is InChI=1S/C21H39N7S.HI/c1-4-22-20(24-16-18-12-9-15-27(18)5-2)23-14-8-13-19-25-26-21(29-3)28(19)17-10-6-7-11-17;/h17-18H,4-16H2,1-3H3,(H2,22,23,24);1H. The lowest BCUT2D eigenvalue weighted by Crippen LogP contribution is -2.39. The zero-order valence-corrected chi connectivity index (χ0v) is 22.0. The molecule has 0 radical (unpaired) electrons. The van der Waals surface area contributed by atoms with Crippen molar-refractivity contribution in [3.05, 3.63) is 5.82 Å². The van der Waals surface area contributed by atoms with Gasteiger partial charge in [-0.05, 0) is 58.4 Å². The van der Waals surface area contributed by atoms with E-state index in [9.17, 15) is 0 Å². The van der Waals surface area contributed by atoms with Gasteiger partial charge in [-0.2, -0.15) is 0 Å². The molecule has 9 heteroatoms. The Morgan fingerprint density at radius 2 is 1.93 bits per heavy atom. The maximum atomic E-state index is 4.85. The highest BCUT2D eigenvalue weighted by atomic mass is 127. The largest absolute Gasteiger partial charge is 0.357 e. The number of aryl methyl sites for hydroxylation is 1. The molecule has 1 saturated heterocycles. The van der Waals surface area contributed by atoms with Crippen LogP contribution in [0.4, 0.5) is 0 Å². The van der Waals surface area contributed by atoms with Crippen molar-refractivity contribution in [1.29, 1.82) is 0 Å². The highest BCUT2D eigenvalue weighted by Crippen LogP contribution is 2.33. The van der Waals surface area contributed by atoms with Gasteiger partial charge >= 0.3 is 0 Å². The Labute approximate surface area is 203 Å². The molecule has 1 aliphatic carbocycles. The molecular formula is C21H40IN7S. The maximum absolute atomic E-state index is 4.85. The number of thioether (sulfide) groups is 1. The predicted molar refractivity (Wildman–Crippen MR) is 137 cm³/mol. The highest BCUT2D eigenvalue weighted by Gasteiger charge is 2.24.